The average molecular weight is 398 g/mol. The molecular weight excluding hydrogens is 386 g/mol. The van der Waals surface area contributed by atoms with Gasteiger partial charge in [0.15, 0.2) is 10.4 Å². The smallest absolute Gasteiger partial charge is 0.287 e. The summed E-state index contributed by atoms with van der Waals surface area (Å²) in [6.07, 6.45) is -0.601. The molecule has 3 aromatic rings. The molecule has 22 heavy (non-hydrogen) atoms. The van der Waals surface area contributed by atoms with Crippen molar-refractivity contribution in [1.29, 1.82) is 0 Å². The number of thiophene rings is 2. The van der Waals surface area contributed by atoms with Crippen LogP contribution in [0, 0.1) is 0 Å². The zero-order valence-electron chi connectivity index (χ0n) is 11.3. The number of nitrogens with one attached hydrogen (secondary N) is 1. The van der Waals surface area contributed by atoms with Crippen LogP contribution < -0.4 is 5.32 Å². The molecule has 114 valence electrons. The van der Waals surface area contributed by atoms with Crippen molar-refractivity contribution < 1.29 is 14.3 Å². The standard InChI is InChI=1S/C15H12BrNO3S2/c16-13-6-4-10(20-13)15(19)17-8-9-3-5-12(22-9)14(18)11-2-1-7-21-11/h1-7,14,18H,8H2,(H,17,19). The summed E-state index contributed by atoms with van der Waals surface area (Å²) in [5.74, 6) is 0.00160. The second kappa shape index (κ2) is 6.78. The summed E-state index contributed by atoms with van der Waals surface area (Å²) >= 11 is 6.17. The van der Waals surface area contributed by atoms with Gasteiger partial charge in [-0.15, -0.1) is 22.7 Å². The number of carbonyl (C=O) groups excluding carboxylic acids is 1. The molecule has 0 saturated heterocycles. The lowest BCUT2D eigenvalue weighted by Gasteiger charge is -2.05. The monoisotopic (exact) mass is 397 g/mol. The lowest BCUT2D eigenvalue weighted by atomic mass is 10.2. The van der Waals surface area contributed by atoms with Crippen molar-refractivity contribution in [3.05, 3.63) is 66.8 Å². The second-order valence-electron chi connectivity index (χ2n) is 4.51. The van der Waals surface area contributed by atoms with Crippen LogP contribution in [0.25, 0.3) is 0 Å². The highest BCUT2D eigenvalue weighted by Gasteiger charge is 2.15. The number of amides is 1. The van der Waals surface area contributed by atoms with Crippen LogP contribution in [0.15, 0.2) is 50.9 Å². The fourth-order valence-corrected chi connectivity index (χ4v) is 3.98. The number of aliphatic hydroxyl groups excluding tert-OH is 1. The Labute approximate surface area is 143 Å². The predicted octanol–water partition coefficient (Wildman–Crippen LogP) is 4.18. The second-order valence-corrected chi connectivity index (χ2v) is 7.47. The van der Waals surface area contributed by atoms with E-state index in [2.05, 4.69) is 21.2 Å². The summed E-state index contributed by atoms with van der Waals surface area (Å²) in [5, 5.41) is 15.0. The summed E-state index contributed by atoms with van der Waals surface area (Å²) < 4.78 is 5.72. The van der Waals surface area contributed by atoms with E-state index in [1.54, 1.807) is 12.1 Å². The van der Waals surface area contributed by atoms with Gasteiger partial charge in [0.05, 0.1) is 6.54 Å². The van der Waals surface area contributed by atoms with E-state index in [-0.39, 0.29) is 11.7 Å². The molecule has 0 aliphatic rings. The first-order valence-corrected chi connectivity index (χ1v) is 8.96. The fraction of sp³-hybridized carbons (Fsp3) is 0.133. The van der Waals surface area contributed by atoms with E-state index in [1.165, 1.54) is 22.7 Å². The normalized spacial score (nSPS) is 12.3. The van der Waals surface area contributed by atoms with Gasteiger partial charge in [-0.3, -0.25) is 4.79 Å². The molecule has 3 heterocycles. The molecule has 7 heteroatoms. The number of hydrogen-bond donors (Lipinski definition) is 2. The maximum absolute atomic E-state index is 11.9. The van der Waals surface area contributed by atoms with E-state index in [1.807, 2.05) is 29.6 Å². The van der Waals surface area contributed by atoms with Crippen molar-refractivity contribution in [3.8, 4) is 0 Å². The van der Waals surface area contributed by atoms with Gasteiger partial charge in [-0.2, -0.15) is 0 Å². The molecule has 1 atom stereocenters. The highest BCUT2D eigenvalue weighted by atomic mass is 79.9. The Kier molecular flexibility index (Phi) is 4.77. The molecule has 0 spiro atoms. The molecule has 0 saturated carbocycles. The Morgan fingerprint density at radius 3 is 2.82 bits per heavy atom. The van der Waals surface area contributed by atoms with Crippen LogP contribution in [0.4, 0.5) is 0 Å². The lowest BCUT2D eigenvalue weighted by molar-refractivity contribution is 0.0922. The van der Waals surface area contributed by atoms with Gasteiger partial charge in [0.25, 0.3) is 5.91 Å². The first-order chi connectivity index (χ1) is 10.6. The molecule has 0 aromatic carbocycles. The Balaban J connectivity index is 1.61. The Morgan fingerprint density at radius 1 is 1.27 bits per heavy atom. The molecule has 0 aliphatic carbocycles. The highest BCUT2D eigenvalue weighted by molar-refractivity contribution is 9.10. The summed E-state index contributed by atoms with van der Waals surface area (Å²) in [5.41, 5.74) is 0. The van der Waals surface area contributed by atoms with Gasteiger partial charge in [0, 0.05) is 14.6 Å². The number of furan rings is 1. The summed E-state index contributed by atoms with van der Waals surface area (Å²) in [7, 11) is 0. The molecule has 0 bridgehead atoms. The van der Waals surface area contributed by atoms with E-state index < -0.39 is 6.10 Å². The van der Waals surface area contributed by atoms with E-state index >= 15 is 0 Å². The maximum Gasteiger partial charge on any atom is 0.287 e. The van der Waals surface area contributed by atoms with Gasteiger partial charge in [0.2, 0.25) is 0 Å². The molecule has 0 aliphatic heterocycles. The van der Waals surface area contributed by atoms with Gasteiger partial charge in [0.1, 0.15) is 6.10 Å². The van der Waals surface area contributed by atoms with E-state index in [0.717, 1.165) is 14.6 Å². The Hall–Kier alpha value is -1.41. The van der Waals surface area contributed by atoms with Crippen LogP contribution in [-0.2, 0) is 6.54 Å². The van der Waals surface area contributed by atoms with Crippen molar-refractivity contribution >= 4 is 44.5 Å². The predicted molar refractivity (Wildman–Crippen MR) is 90.3 cm³/mol. The van der Waals surface area contributed by atoms with Crippen molar-refractivity contribution in [3.63, 3.8) is 0 Å². The van der Waals surface area contributed by atoms with Crippen molar-refractivity contribution in [2.24, 2.45) is 0 Å². The number of rotatable bonds is 5. The number of aliphatic hydroxyl groups is 1. The summed E-state index contributed by atoms with van der Waals surface area (Å²) in [4.78, 5) is 14.6. The molecule has 4 nitrogen and oxygen atoms in total. The fourth-order valence-electron chi connectivity index (χ4n) is 1.91. The molecule has 3 rings (SSSR count). The Bertz CT molecular complexity index is 763. The number of carbonyl (C=O) groups is 1. The zero-order valence-corrected chi connectivity index (χ0v) is 14.5. The largest absolute Gasteiger partial charge is 0.444 e. The van der Waals surface area contributed by atoms with E-state index in [4.69, 9.17) is 4.42 Å². The summed E-state index contributed by atoms with van der Waals surface area (Å²) in [6.45, 7) is 0.402. The first kappa shape index (κ1) is 15.5. The highest BCUT2D eigenvalue weighted by Crippen LogP contribution is 2.30. The third kappa shape index (κ3) is 3.49. The lowest BCUT2D eigenvalue weighted by Crippen LogP contribution is -2.21. The van der Waals surface area contributed by atoms with Gasteiger partial charge < -0.3 is 14.8 Å². The van der Waals surface area contributed by atoms with Gasteiger partial charge in [-0.1, -0.05) is 6.07 Å². The van der Waals surface area contributed by atoms with Crippen LogP contribution >= 0.6 is 38.6 Å². The minimum absolute atomic E-state index is 0.264. The Morgan fingerprint density at radius 2 is 2.14 bits per heavy atom. The van der Waals surface area contributed by atoms with Gasteiger partial charge in [-0.25, -0.2) is 0 Å². The van der Waals surface area contributed by atoms with Crippen molar-refractivity contribution in [2.75, 3.05) is 0 Å². The maximum atomic E-state index is 11.9. The third-order valence-corrected chi connectivity index (χ3v) is 5.47. The third-order valence-electron chi connectivity index (χ3n) is 2.98. The number of hydrogen-bond acceptors (Lipinski definition) is 5. The quantitative estimate of drug-likeness (QED) is 0.678. The van der Waals surface area contributed by atoms with E-state index in [9.17, 15) is 9.90 Å². The van der Waals surface area contributed by atoms with Crippen LogP contribution in [0.3, 0.4) is 0 Å². The average Bonchev–Trinajstić information content (AvgIpc) is 3.25. The molecule has 1 unspecified atom stereocenters. The summed E-state index contributed by atoms with van der Waals surface area (Å²) in [6, 6.07) is 10.9. The molecule has 0 radical (unpaired) electrons. The molecule has 1 amide bonds. The first-order valence-electron chi connectivity index (χ1n) is 6.47. The molecule has 2 N–H and O–H groups in total. The van der Waals surface area contributed by atoms with Gasteiger partial charge >= 0.3 is 0 Å². The van der Waals surface area contributed by atoms with Crippen molar-refractivity contribution in [2.45, 2.75) is 12.6 Å². The van der Waals surface area contributed by atoms with Gasteiger partial charge in [-0.05, 0) is 51.6 Å². The van der Waals surface area contributed by atoms with Crippen LogP contribution in [0.2, 0.25) is 0 Å². The number of halogens is 1. The van der Waals surface area contributed by atoms with Crippen LogP contribution in [-0.4, -0.2) is 11.0 Å². The minimum Gasteiger partial charge on any atom is -0.444 e. The minimum atomic E-state index is -0.601. The topological polar surface area (TPSA) is 62.5 Å². The van der Waals surface area contributed by atoms with E-state index in [0.29, 0.717) is 11.2 Å². The van der Waals surface area contributed by atoms with Crippen LogP contribution in [0.5, 0.6) is 0 Å². The molecule has 3 aromatic heterocycles. The molecule has 0 fully saturated rings. The zero-order chi connectivity index (χ0) is 15.5. The van der Waals surface area contributed by atoms with Crippen LogP contribution in [0.1, 0.15) is 31.3 Å². The SMILES string of the molecule is O=C(NCc1ccc(C(O)c2cccs2)s1)c1ccc(Br)o1. The van der Waals surface area contributed by atoms with Crippen molar-refractivity contribution in [1.82, 2.24) is 5.32 Å². The molecular formula is C15H12BrNO3S2.